The number of nitrogens with one attached hydrogen (secondary N) is 2. The van der Waals surface area contributed by atoms with E-state index in [1.165, 1.54) is 31.2 Å². The Balaban J connectivity index is 1.68. The Bertz CT molecular complexity index is 558. The van der Waals surface area contributed by atoms with Crippen molar-refractivity contribution in [3.63, 3.8) is 0 Å². The minimum Gasteiger partial charge on any atom is -0.460 e. The lowest BCUT2D eigenvalue weighted by Gasteiger charge is -2.29. The third-order valence-electron chi connectivity index (χ3n) is 4.37. The highest BCUT2D eigenvalue weighted by atomic mass is 16.3. The van der Waals surface area contributed by atoms with Crippen LogP contribution in [0.15, 0.2) is 22.7 Å². The predicted octanol–water partition coefficient (Wildman–Crippen LogP) is 3.65. The molecule has 4 heteroatoms. The second-order valence-corrected chi connectivity index (χ2v) is 5.93. The Labute approximate surface area is 120 Å². The first-order valence-corrected chi connectivity index (χ1v) is 7.56. The summed E-state index contributed by atoms with van der Waals surface area (Å²) < 4.78 is 5.68. The Hall–Kier alpha value is -1.55. The van der Waals surface area contributed by atoms with Gasteiger partial charge >= 0.3 is 0 Å². The summed E-state index contributed by atoms with van der Waals surface area (Å²) in [5, 5.41) is 10.9. The van der Waals surface area contributed by atoms with Crippen LogP contribution < -0.4 is 5.32 Å². The molecule has 0 radical (unpaired) electrons. The molecule has 2 unspecified atom stereocenters. The normalized spacial score (nSPS) is 23.1. The van der Waals surface area contributed by atoms with Crippen LogP contribution in [0.4, 0.5) is 0 Å². The molecule has 0 spiro atoms. The third-order valence-corrected chi connectivity index (χ3v) is 4.37. The lowest BCUT2D eigenvalue weighted by molar-refractivity contribution is 0.279. The third kappa shape index (κ3) is 2.80. The lowest BCUT2D eigenvalue weighted by atomic mass is 9.86. The maximum absolute atomic E-state index is 5.68. The number of rotatable bonds is 4. The quantitative estimate of drug-likeness (QED) is 0.894. The number of aromatic amines is 1. The van der Waals surface area contributed by atoms with Gasteiger partial charge in [0, 0.05) is 18.2 Å². The monoisotopic (exact) mass is 273 g/mol. The Morgan fingerprint density at radius 3 is 2.95 bits per heavy atom. The van der Waals surface area contributed by atoms with Crippen LogP contribution in [-0.2, 0) is 6.54 Å². The van der Waals surface area contributed by atoms with Crippen molar-refractivity contribution in [1.29, 1.82) is 0 Å². The fraction of sp³-hybridized carbons (Fsp3) is 0.562. The molecular formula is C16H23N3O. The fourth-order valence-electron chi connectivity index (χ4n) is 3.09. The summed E-state index contributed by atoms with van der Waals surface area (Å²) in [6, 6.07) is 4.61. The van der Waals surface area contributed by atoms with Gasteiger partial charge in [-0.2, -0.15) is 5.10 Å². The zero-order valence-electron chi connectivity index (χ0n) is 12.3. The molecule has 2 atom stereocenters. The minimum absolute atomic E-state index is 0.629. The van der Waals surface area contributed by atoms with E-state index in [0.29, 0.717) is 6.04 Å². The maximum Gasteiger partial charge on any atom is 0.152 e. The summed E-state index contributed by atoms with van der Waals surface area (Å²) in [6.07, 6.45) is 7.24. The first-order chi connectivity index (χ1) is 9.74. The summed E-state index contributed by atoms with van der Waals surface area (Å²) in [4.78, 5) is 0. The van der Waals surface area contributed by atoms with Crippen LogP contribution in [0.2, 0.25) is 0 Å². The number of furan rings is 1. The molecule has 3 rings (SSSR count). The zero-order chi connectivity index (χ0) is 13.9. The van der Waals surface area contributed by atoms with Crippen molar-refractivity contribution in [1.82, 2.24) is 15.5 Å². The SMILES string of the molecule is Cc1ccc(-c2[nH]ncc2CNC2CCCCC2C)o1. The fourth-order valence-corrected chi connectivity index (χ4v) is 3.09. The summed E-state index contributed by atoms with van der Waals surface area (Å²) in [6.45, 7) is 5.16. The summed E-state index contributed by atoms with van der Waals surface area (Å²) in [5.74, 6) is 2.56. The highest BCUT2D eigenvalue weighted by Gasteiger charge is 2.21. The number of hydrogen-bond donors (Lipinski definition) is 2. The van der Waals surface area contributed by atoms with E-state index >= 15 is 0 Å². The molecular weight excluding hydrogens is 250 g/mol. The van der Waals surface area contributed by atoms with Crippen molar-refractivity contribution < 1.29 is 4.42 Å². The van der Waals surface area contributed by atoms with Crippen molar-refractivity contribution in [2.75, 3.05) is 0 Å². The second kappa shape index (κ2) is 5.83. The van der Waals surface area contributed by atoms with E-state index in [-0.39, 0.29) is 0 Å². The van der Waals surface area contributed by atoms with Gasteiger partial charge in [0.2, 0.25) is 0 Å². The molecule has 2 heterocycles. The first-order valence-electron chi connectivity index (χ1n) is 7.56. The van der Waals surface area contributed by atoms with Gasteiger partial charge in [-0.25, -0.2) is 0 Å². The number of H-pyrrole nitrogens is 1. The molecule has 20 heavy (non-hydrogen) atoms. The molecule has 108 valence electrons. The minimum atomic E-state index is 0.629. The van der Waals surface area contributed by atoms with Gasteiger partial charge < -0.3 is 9.73 Å². The topological polar surface area (TPSA) is 53.9 Å². The molecule has 4 nitrogen and oxygen atoms in total. The summed E-state index contributed by atoms with van der Waals surface area (Å²) in [7, 11) is 0. The van der Waals surface area contributed by atoms with Gasteiger partial charge in [-0.05, 0) is 37.8 Å². The van der Waals surface area contributed by atoms with Gasteiger partial charge in [0.15, 0.2) is 5.76 Å². The molecule has 2 N–H and O–H groups in total. The summed E-state index contributed by atoms with van der Waals surface area (Å²) >= 11 is 0. The molecule has 0 bridgehead atoms. The average molecular weight is 273 g/mol. The average Bonchev–Trinajstić information content (AvgIpc) is 3.06. The van der Waals surface area contributed by atoms with Gasteiger partial charge in [0.05, 0.1) is 6.20 Å². The van der Waals surface area contributed by atoms with E-state index in [1.807, 2.05) is 25.3 Å². The standard InChI is InChI=1S/C16H23N3O/c1-11-5-3-4-6-14(11)17-9-13-10-18-19-16(13)15-8-7-12(2)20-15/h7-8,10-11,14,17H,3-6,9H2,1-2H3,(H,18,19). The highest BCUT2D eigenvalue weighted by Crippen LogP contribution is 2.26. The second-order valence-electron chi connectivity index (χ2n) is 5.93. The largest absolute Gasteiger partial charge is 0.460 e. The maximum atomic E-state index is 5.68. The Kier molecular flexibility index (Phi) is 3.92. The number of nitrogens with zero attached hydrogens (tertiary/aromatic N) is 1. The van der Waals surface area contributed by atoms with E-state index < -0.39 is 0 Å². The van der Waals surface area contributed by atoms with Crippen LogP contribution in [0, 0.1) is 12.8 Å². The predicted molar refractivity (Wildman–Crippen MR) is 79.3 cm³/mol. The van der Waals surface area contributed by atoms with Gasteiger partial charge in [0.25, 0.3) is 0 Å². The highest BCUT2D eigenvalue weighted by molar-refractivity contribution is 5.56. The van der Waals surface area contributed by atoms with Gasteiger partial charge in [-0.3, -0.25) is 5.10 Å². The van der Waals surface area contributed by atoms with E-state index in [4.69, 9.17) is 4.42 Å². The molecule has 1 saturated carbocycles. The first kappa shape index (κ1) is 13.4. The zero-order valence-corrected chi connectivity index (χ0v) is 12.3. The van der Waals surface area contributed by atoms with Crippen LogP contribution in [0.3, 0.4) is 0 Å². The van der Waals surface area contributed by atoms with E-state index in [2.05, 4.69) is 22.4 Å². The number of aryl methyl sites for hydroxylation is 1. The molecule has 0 amide bonds. The van der Waals surface area contributed by atoms with Crippen molar-refractivity contribution in [2.24, 2.45) is 5.92 Å². The smallest absolute Gasteiger partial charge is 0.152 e. The summed E-state index contributed by atoms with van der Waals surface area (Å²) in [5.41, 5.74) is 2.17. The van der Waals surface area contributed by atoms with Gasteiger partial charge in [-0.1, -0.05) is 19.8 Å². The van der Waals surface area contributed by atoms with Crippen LogP contribution in [0.5, 0.6) is 0 Å². The van der Waals surface area contributed by atoms with Crippen LogP contribution in [0.1, 0.15) is 43.9 Å². The van der Waals surface area contributed by atoms with Crippen LogP contribution in [-0.4, -0.2) is 16.2 Å². The molecule has 0 aromatic carbocycles. The molecule has 1 aliphatic rings. The van der Waals surface area contributed by atoms with E-state index in [9.17, 15) is 0 Å². The van der Waals surface area contributed by atoms with Crippen LogP contribution >= 0.6 is 0 Å². The Morgan fingerprint density at radius 1 is 1.35 bits per heavy atom. The van der Waals surface area contributed by atoms with Crippen molar-refractivity contribution in [3.05, 3.63) is 29.7 Å². The number of aromatic nitrogens is 2. The molecule has 2 aromatic rings. The van der Waals surface area contributed by atoms with Gasteiger partial charge in [0.1, 0.15) is 11.5 Å². The van der Waals surface area contributed by atoms with Crippen LogP contribution in [0.25, 0.3) is 11.5 Å². The molecule has 1 aliphatic carbocycles. The molecule has 0 aliphatic heterocycles. The molecule has 2 aromatic heterocycles. The van der Waals surface area contributed by atoms with Crippen molar-refractivity contribution in [2.45, 2.75) is 52.1 Å². The van der Waals surface area contributed by atoms with Crippen molar-refractivity contribution >= 4 is 0 Å². The lowest BCUT2D eigenvalue weighted by Crippen LogP contribution is -2.36. The van der Waals surface area contributed by atoms with E-state index in [1.54, 1.807) is 0 Å². The van der Waals surface area contributed by atoms with Gasteiger partial charge in [-0.15, -0.1) is 0 Å². The van der Waals surface area contributed by atoms with Crippen molar-refractivity contribution in [3.8, 4) is 11.5 Å². The number of hydrogen-bond acceptors (Lipinski definition) is 3. The Morgan fingerprint density at radius 2 is 2.20 bits per heavy atom. The molecule has 0 saturated heterocycles. The molecule has 1 fully saturated rings. The van der Waals surface area contributed by atoms with E-state index in [0.717, 1.165) is 29.7 Å².